The zero-order valence-corrected chi connectivity index (χ0v) is 34.9. The Kier molecular flexibility index (Phi) is 40.4. The second-order valence-corrected chi connectivity index (χ2v) is 16.6. The van der Waals surface area contributed by atoms with Crippen molar-refractivity contribution < 1.29 is 33.1 Å². The fraction of sp³-hybridized carbons (Fsp3) is 0.977. The second kappa shape index (κ2) is 40.7. The second-order valence-electron chi connectivity index (χ2n) is 15.4. The lowest BCUT2D eigenvalue weighted by atomic mass is 10.0. The number of phosphoric acid groups is 1. The molecule has 7 nitrogen and oxygen atoms in total. The van der Waals surface area contributed by atoms with Gasteiger partial charge in [0.25, 0.3) is 0 Å². The number of phosphoric ester groups is 1. The number of carbonyl (C=O) groups is 1. The molecule has 306 valence electrons. The standard InChI is InChI=1S/C43H87O7P/c1-3-5-7-9-11-13-15-17-19-21-23-25-27-29-31-33-35-37-39-48-40-42(41-49-51(45,46)47)50-43(44)38-36-34-32-30-28-26-24-22-20-18-16-14-12-10-8-6-4-2/h42H,3-41H2,1-2H3,(H2,45,46,47)/t42-/m1/s1. The summed E-state index contributed by atoms with van der Waals surface area (Å²) < 4.78 is 27.1. The molecule has 0 rings (SSSR count). The number of ether oxygens (including phenoxy) is 2. The predicted molar refractivity (Wildman–Crippen MR) is 216 cm³/mol. The third-order valence-electron chi connectivity index (χ3n) is 10.2. The number of hydrogen-bond donors (Lipinski definition) is 2. The largest absolute Gasteiger partial charge is 0.469 e. The molecule has 8 heteroatoms. The van der Waals surface area contributed by atoms with Crippen LogP contribution < -0.4 is 0 Å². The molecular weight excluding hydrogens is 659 g/mol. The molecule has 0 spiro atoms. The summed E-state index contributed by atoms with van der Waals surface area (Å²) in [5.74, 6) is -0.355. The summed E-state index contributed by atoms with van der Waals surface area (Å²) in [4.78, 5) is 30.6. The van der Waals surface area contributed by atoms with Crippen LogP contribution in [0.4, 0.5) is 0 Å². The molecule has 0 aliphatic carbocycles. The van der Waals surface area contributed by atoms with Crippen molar-refractivity contribution in [3.63, 3.8) is 0 Å². The molecule has 0 unspecified atom stereocenters. The maximum atomic E-state index is 12.4. The molecule has 0 heterocycles. The van der Waals surface area contributed by atoms with Crippen molar-refractivity contribution in [1.82, 2.24) is 0 Å². The third kappa shape index (κ3) is 43.8. The molecule has 0 aliphatic heterocycles. The fourth-order valence-corrected chi connectivity index (χ4v) is 7.22. The maximum absolute atomic E-state index is 12.4. The van der Waals surface area contributed by atoms with Gasteiger partial charge in [0.2, 0.25) is 0 Å². The zero-order chi connectivity index (χ0) is 37.4. The van der Waals surface area contributed by atoms with Gasteiger partial charge in [-0.2, -0.15) is 0 Å². The van der Waals surface area contributed by atoms with E-state index in [1.807, 2.05) is 0 Å². The Hall–Kier alpha value is -0.460. The molecule has 0 aromatic carbocycles. The van der Waals surface area contributed by atoms with Crippen LogP contribution in [0, 0.1) is 0 Å². The monoisotopic (exact) mass is 747 g/mol. The molecule has 0 bridgehead atoms. The summed E-state index contributed by atoms with van der Waals surface area (Å²) in [7, 11) is -4.65. The highest BCUT2D eigenvalue weighted by Crippen LogP contribution is 2.36. The summed E-state index contributed by atoms with van der Waals surface area (Å²) >= 11 is 0. The first-order chi connectivity index (χ1) is 24.9. The van der Waals surface area contributed by atoms with E-state index in [1.165, 1.54) is 193 Å². The lowest BCUT2D eigenvalue weighted by molar-refractivity contribution is -0.154. The van der Waals surface area contributed by atoms with Crippen molar-refractivity contribution in [2.24, 2.45) is 0 Å². The Morgan fingerprint density at radius 2 is 0.745 bits per heavy atom. The van der Waals surface area contributed by atoms with Crippen molar-refractivity contribution in [1.29, 1.82) is 0 Å². The van der Waals surface area contributed by atoms with Crippen molar-refractivity contribution >= 4 is 13.8 Å². The molecule has 0 fully saturated rings. The first-order valence-electron chi connectivity index (χ1n) is 22.4. The highest BCUT2D eigenvalue weighted by Gasteiger charge is 2.21. The first-order valence-corrected chi connectivity index (χ1v) is 23.9. The first kappa shape index (κ1) is 50.5. The van der Waals surface area contributed by atoms with Gasteiger partial charge in [0.15, 0.2) is 0 Å². The van der Waals surface area contributed by atoms with Gasteiger partial charge in [0, 0.05) is 13.0 Å². The molecule has 0 saturated carbocycles. The summed E-state index contributed by atoms with van der Waals surface area (Å²) in [5, 5.41) is 0. The maximum Gasteiger partial charge on any atom is 0.469 e. The lowest BCUT2D eigenvalue weighted by Gasteiger charge is -2.18. The predicted octanol–water partition coefficient (Wildman–Crippen LogP) is 14.1. The molecule has 1 atom stereocenters. The molecule has 0 amide bonds. The topological polar surface area (TPSA) is 102 Å². The molecule has 0 saturated heterocycles. The molecule has 0 radical (unpaired) electrons. The summed E-state index contributed by atoms with van der Waals surface area (Å²) in [6.45, 7) is 4.81. The Morgan fingerprint density at radius 1 is 0.451 bits per heavy atom. The van der Waals surface area contributed by atoms with E-state index in [4.69, 9.17) is 19.3 Å². The van der Waals surface area contributed by atoms with Crippen LogP contribution in [0.1, 0.15) is 245 Å². The van der Waals surface area contributed by atoms with Crippen LogP contribution in [0.25, 0.3) is 0 Å². The van der Waals surface area contributed by atoms with Crippen molar-refractivity contribution in [3.05, 3.63) is 0 Å². The number of rotatable bonds is 43. The van der Waals surface area contributed by atoms with Gasteiger partial charge in [-0.25, -0.2) is 4.57 Å². The summed E-state index contributed by atoms with van der Waals surface area (Å²) in [6.07, 6.45) is 45.3. The Labute approximate surface area is 317 Å². The van der Waals surface area contributed by atoms with Crippen molar-refractivity contribution in [3.8, 4) is 0 Å². The van der Waals surface area contributed by atoms with Crippen LogP contribution in [-0.4, -0.2) is 41.7 Å². The van der Waals surface area contributed by atoms with Gasteiger partial charge in [-0.1, -0.05) is 226 Å². The van der Waals surface area contributed by atoms with E-state index < -0.39 is 13.9 Å². The SMILES string of the molecule is CCCCCCCCCCCCCCCCCCCCOC[C@H](COP(=O)(O)O)OC(=O)CCCCCCCCCCCCCCCCCCC. The van der Waals surface area contributed by atoms with Crippen LogP contribution in [0.5, 0.6) is 0 Å². The molecule has 2 N–H and O–H groups in total. The molecule has 0 aromatic heterocycles. The van der Waals surface area contributed by atoms with Crippen LogP contribution in [0.15, 0.2) is 0 Å². The average Bonchev–Trinajstić information content (AvgIpc) is 3.10. The van der Waals surface area contributed by atoms with E-state index >= 15 is 0 Å². The molecule has 0 aliphatic rings. The minimum atomic E-state index is -4.65. The van der Waals surface area contributed by atoms with E-state index in [0.29, 0.717) is 13.0 Å². The van der Waals surface area contributed by atoms with Gasteiger partial charge in [-0.3, -0.25) is 9.32 Å². The van der Waals surface area contributed by atoms with Gasteiger partial charge in [0.1, 0.15) is 6.10 Å². The van der Waals surface area contributed by atoms with Gasteiger partial charge in [-0.15, -0.1) is 0 Å². The van der Waals surface area contributed by atoms with E-state index in [0.717, 1.165) is 32.1 Å². The van der Waals surface area contributed by atoms with Gasteiger partial charge >= 0.3 is 13.8 Å². The average molecular weight is 747 g/mol. The summed E-state index contributed by atoms with van der Waals surface area (Å²) in [5.41, 5.74) is 0. The highest BCUT2D eigenvalue weighted by atomic mass is 31.2. The number of esters is 1. The lowest BCUT2D eigenvalue weighted by Crippen LogP contribution is -2.28. The van der Waals surface area contributed by atoms with Crippen LogP contribution in [0.2, 0.25) is 0 Å². The minimum Gasteiger partial charge on any atom is -0.457 e. The number of unbranched alkanes of at least 4 members (excludes halogenated alkanes) is 33. The smallest absolute Gasteiger partial charge is 0.457 e. The van der Waals surface area contributed by atoms with E-state index in [9.17, 15) is 9.36 Å². The Bertz CT molecular complexity index is 744. The van der Waals surface area contributed by atoms with Crippen LogP contribution >= 0.6 is 7.82 Å². The van der Waals surface area contributed by atoms with E-state index in [-0.39, 0.29) is 19.2 Å². The van der Waals surface area contributed by atoms with Gasteiger partial charge < -0.3 is 19.3 Å². The molecule has 51 heavy (non-hydrogen) atoms. The fourth-order valence-electron chi connectivity index (χ4n) is 6.86. The number of carbonyl (C=O) groups excluding carboxylic acids is 1. The van der Waals surface area contributed by atoms with Crippen molar-refractivity contribution in [2.75, 3.05) is 19.8 Å². The normalized spacial score (nSPS) is 12.5. The Balaban J connectivity index is 3.71. The molecular formula is C43H87O7P. The van der Waals surface area contributed by atoms with Crippen LogP contribution in [-0.2, 0) is 23.4 Å². The van der Waals surface area contributed by atoms with Crippen molar-refractivity contribution in [2.45, 2.75) is 251 Å². The van der Waals surface area contributed by atoms with Gasteiger partial charge in [0.05, 0.1) is 13.2 Å². The molecule has 0 aromatic rings. The number of hydrogen-bond acceptors (Lipinski definition) is 5. The van der Waals surface area contributed by atoms with E-state index in [2.05, 4.69) is 18.4 Å². The minimum absolute atomic E-state index is 0.0870. The van der Waals surface area contributed by atoms with Crippen LogP contribution in [0.3, 0.4) is 0 Å². The third-order valence-corrected chi connectivity index (χ3v) is 10.6. The van der Waals surface area contributed by atoms with E-state index in [1.54, 1.807) is 0 Å². The Morgan fingerprint density at radius 3 is 1.06 bits per heavy atom. The highest BCUT2D eigenvalue weighted by molar-refractivity contribution is 7.46. The summed E-state index contributed by atoms with van der Waals surface area (Å²) in [6, 6.07) is 0. The zero-order valence-electron chi connectivity index (χ0n) is 34.0. The quantitative estimate of drug-likeness (QED) is 0.0364. The van der Waals surface area contributed by atoms with Gasteiger partial charge in [-0.05, 0) is 12.8 Å².